The predicted octanol–water partition coefficient (Wildman–Crippen LogP) is -0.507. The second kappa shape index (κ2) is 3.39. The van der Waals surface area contributed by atoms with Crippen LogP contribution in [-0.2, 0) is 9.53 Å². The average molecular weight is 156 g/mol. The van der Waals surface area contributed by atoms with Gasteiger partial charge in [-0.1, -0.05) is 0 Å². The van der Waals surface area contributed by atoms with Crippen LogP contribution in [0.15, 0.2) is 11.8 Å². The Balaban J connectivity index is 2.35. The highest BCUT2D eigenvalue weighted by atomic mass is 16.5. The van der Waals surface area contributed by atoms with E-state index in [2.05, 4.69) is 0 Å². The fraction of sp³-hybridized carbons (Fsp3) is 0.571. The minimum Gasteiger partial charge on any atom is -0.498 e. The second-order valence-electron chi connectivity index (χ2n) is 2.52. The number of nitrogens with two attached hydrogens (primary N) is 2. The molecule has 0 aromatic rings. The first-order chi connectivity index (χ1) is 5.20. The molecular weight excluding hydrogens is 144 g/mol. The molecule has 0 radical (unpaired) electrons. The molecule has 1 aliphatic rings. The molecule has 0 fully saturated rings. The third-order valence-electron chi connectivity index (χ3n) is 1.56. The summed E-state index contributed by atoms with van der Waals surface area (Å²) in [4.78, 5) is 10.5. The van der Waals surface area contributed by atoms with Crippen LogP contribution in [0.1, 0.15) is 12.8 Å². The molecule has 0 aromatic carbocycles. The van der Waals surface area contributed by atoms with E-state index in [0.29, 0.717) is 13.0 Å². The molecule has 0 saturated carbocycles. The maximum absolute atomic E-state index is 10.5. The van der Waals surface area contributed by atoms with E-state index < -0.39 is 11.9 Å². The Hall–Kier alpha value is -1.03. The van der Waals surface area contributed by atoms with E-state index in [9.17, 15) is 4.79 Å². The van der Waals surface area contributed by atoms with Gasteiger partial charge >= 0.3 is 0 Å². The van der Waals surface area contributed by atoms with E-state index in [1.807, 2.05) is 6.08 Å². The lowest BCUT2D eigenvalue weighted by atomic mass is 10.2. The molecule has 0 saturated heterocycles. The minimum atomic E-state index is -0.612. The van der Waals surface area contributed by atoms with E-state index in [-0.39, 0.29) is 0 Å². The summed E-state index contributed by atoms with van der Waals surface area (Å²) in [6.45, 7) is 0.695. The van der Waals surface area contributed by atoms with Crippen molar-refractivity contribution in [2.75, 3.05) is 6.61 Å². The molecule has 1 aliphatic heterocycles. The van der Waals surface area contributed by atoms with Gasteiger partial charge in [-0.3, -0.25) is 4.79 Å². The number of rotatable bonds is 3. The molecule has 0 aliphatic carbocycles. The SMILES string of the molecule is NC(=O)C(N)CC1=CCCO1. The zero-order valence-corrected chi connectivity index (χ0v) is 6.25. The molecule has 4 nitrogen and oxygen atoms in total. The summed E-state index contributed by atoms with van der Waals surface area (Å²) in [6.07, 6.45) is 3.26. The van der Waals surface area contributed by atoms with Gasteiger partial charge in [0, 0.05) is 12.8 Å². The molecule has 0 aromatic heterocycles. The first kappa shape index (κ1) is 8.07. The normalized spacial score (nSPS) is 18.8. The van der Waals surface area contributed by atoms with Crippen LogP contribution in [0.3, 0.4) is 0 Å². The van der Waals surface area contributed by atoms with Crippen molar-refractivity contribution >= 4 is 5.91 Å². The van der Waals surface area contributed by atoms with Crippen LogP contribution < -0.4 is 11.5 Å². The molecule has 0 spiro atoms. The molecule has 1 rings (SSSR count). The van der Waals surface area contributed by atoms with Crippen molar-refractivity contribution in [2.24, 2.45) is 11.5 Å². The van der Waals surface area contributed by atoms with Crippen molar-refractivity contribution in [1.29, 1.82) is 0 Å². The van der Waals surface area contributed by atoms with Crippen LogP contribution in [-0.4, -0.2) is 18.6 Å². The van der Waals surface area contributed by atoms with Gasteiger partial charge in [0.05, 0.1) is 18.4 Å². The summed E-state index contributed by atoms with van der Waals surface area (Å²) in [5.74, 6) is 0.303. The standard InChI is InChI=1S/C7H12N2O2/c8-6(7(9)10)4-5-2-1-3-11-5/h2,6H,1,3-4,8H2,(H2,9,10). The number of hydrogen-bond acceptors (Lipinski definition) is 3. The third-order valence-corrected chi connectivity index (χ3v) is 1.56. The summed E-state index contributed by atoms with van der Waals surface area (Å²) < 4.78 is 5.15. The number of carbonyl (C=O) groups is 1. The van der Waals surface area contributed by atoms with Crippen LogP contribution in [0, 0.1) is 0 Å². The van der Waals surface area contributed by atoms with E-state index in [1.54, 1.807) is 0 Å². The monoisotopic (exact) mass is 156 g/mol. The topological polar surface area (TPSA) is 78.3 Å². The van der Waals surface area contributed by atoms with Crippen molar-refractivity contribution in [2.45, 2.75) is 18.9 Å². The maximum atomic E-state index is 10.5. The first-order valence-electron chi connectivity index (χ1n) is 3.57. The summed E-state index contributed by atoms with van der Waals surface area (Å²) in [7, 11) is 0. The van der Waals surface area contributed by atoms with Gasteiger partial charge < -0.3 is 16.2 Å². The Morgan fingerprint density at radius 2 is 2.55 bits per heavy atom. The molecule has 1 atom stereocenters. The number of ether oxygens (including phenoxy) is 1. The zero-order chi connectivity index (χ0) is 8.27. The zero-order valence-electron chi connectivity index (χ0n) is 6.25. The molecule has 1 amide bonds. The Labute approximate surface area is 65.2 Å². The molecule has 4 heteroatoms. The van der Waals surface area contributed by atoms with Crippen molar-refractivity contribution in [3.63, 3.8) is 0 Å². The molecule has 4 N–H and O–H groups in total. The Morgan fingerprint density at radius 1 is 1.82 bits per heavy atom. The summed E-state index contributed by atoms with van der Waals surface area (Å²) in [5, 5.41) is 0. The minimum absolute atomic E-state index is 0.426. The van der Waals surface area contributed by atoms with Crippen LogP contribution >= 0.6 is 0 Å². The molecule has 0 bridgehead atoms. The molecule has 11 heavy (non-hydrogen) atoms. The van der Waals surface area contributed by atoms with E-state index >= 15 is 0 Å². The highest BCUT2D eigenvalue weighted by Gasteiger charge is 2.14. The third kappa shape index (κ3) is 2.23. The lowest BCUT2D eigenvalue weighted by molar-refractivity contribution is -0.119. The number of amides is 1. The summed E-state index contributed by atoms with van der Waals surface area (Å²) >= 11 is 0. The second-order valence-corrected chi connectivity index (χ2v) is 2.52. The highest BCUT2D eigenvalue weighted by molar-refractivity contribution is 5.79. The fourth-order valence-electron chi connectivity index (χ4n) is 0.928. The predicted molar refractivity (Wildman–Crippen MR) is 40.4 cm³/mol. The van der Waals surface area contributed by atoms with Gasteiger partial charge in [0.2, 0.25) is 5.91 Å². The molecule has 1 unspecified atom stereocenters. The Kier molecular flexibility index (Phi) is 2.48. The van der Waals surface area contributed by atoms with Crippen molar-refractivity contribution in [1.82, 2.24) is 0 Å². The Bertz CT molecular complexity index is 189. The lowest BCUT2D eigenvalue weighted by Crippen LogP contribution is -2.36. The van der Waals surface area contributed by atoms with Crippen LogP contribution in [0.5, 0.6) is 0 Å². The van der Waals surface area contributed by atoms with Gasteiger partial charge in [-0.25, -0.2) is 0 Å². The molecule has 62 valence electrons. The van der Waals surface area contributed by atoms with Crippen LogP contribution in [0.25, 0.3) is 0 Å². The van der Waals surface area contributed by atoms with Crippen molar-refractivity contribution in [3.8, 4) is 0 Å². The van der Waals surface area contributed by atoms with Crippen LogP contribution in [0.2, 0.25) is 0 Å². The van der Waals surface area contributed by atoms with Gasteiger partial charge in [-0.05, 0) is 6.08 Å². The van der Waals surface area contributed by atoms with Gasteiger partial charge in [-0.2, -0.15) is 0 Å². The first-order valence-corrected chi connectivity index (χ1v) is 3.57. The van der Waals surface area contributed by atoms with Gasteiger partial charge in [0.25, 0.3) is 0 Å². The number of carbonyl (C=O) groups excluding carboxylic acids is 1. The summed E-state index contributed by atoms with van der Waals surface area (Å²) in [6, 6.07) is -0.612. The molecular formula is C7H12N2O2. The number of primary amides is 1. The van der Waals surface area contributed by atoms with Crippen molar-refractivity contribution in [3.05, 3.63) is 11.8 Å². The lowest BCUT2D eigenvalue weighted by Gasteiger charge is -2.07. The molecule has 1 heterocycles. The van der Waals surface area contributed by atoms with Gasteiger partial charge in [0.1, 0.15) is 0 Å². The summed E-state index contributed by atoms with van der Waals surface area (Å²) in [5.41, 5.74) is 10.4. The smallest absolute Gasteiger partial charge is 0.234 e. The van der Waals surface area contributed by atoms with E-state index in [1.165, 1.54) is 0 Å². The van der Waals surface area contributed by atoms with E-state index in [0.717, 1.165) is 12.2 Å². The van der Waals surface area contributed by atoms with E-state index in [4.69, 9.17) is 16.2 Å². The Morgan fingerprint density at radius 3 is 3.00 bits per heavy atom. The van der Waals surface area contributed by atoms with Crippen LogP contribution in [0.4, 0.5) is 0 Å². The van der Waals surface area contributed by atoms with Gasteiger partial charge in [0.15, 0.2) is 0 Å². The maximum Gasteiger partial charge on any atom is 0.234 e. The van der Waals surface area contributed by atoms with Gasteiger partial charge in [-0.15, -0.1) is 0 Å². The highest BCUT2D eigenvalue weighted by Crippen LogP contribution is 2.13. The van der Waals surface area contributed by atoms with Crippen molar-refractivity contribution < 1.29 is 9.53 Å². The largest absolute Gasteiger partial charge is 0.498 e. The number of hydrogen-bond donors (Lipinski definition) is 2. The fourth-order valence-corrected chi connectivity index (χ4v) is 0.928. The average Bonchev–Trinajstić information content (AvgIpc) is 2.39. The quantitative estimate of drug-likeness (QED) is 0.577.